The normalized spacial score (nSPS) is 11.9. The van der Waals surface area contributed by atoms with Crippen LogP contribution in [0.15, 0.2) is 59.3 Å². The zero-order valence-corrected chi connectivity index (χ0v) is 12.2. The van der Waals surface area contributed by atoms with Gasteiger partial charge in [-0.3, -0.25) is 0 Å². The Labute approximate surface area is 128 Å². The van der Waals surface area contributed by atoms with Crippen LogP contribution in [0.1, 0.15) is 24.3 Å². The molecular weight excluding hydrogens is 278 g/mol. The molecule has 2 aromatic heterocycles. The van der Waals surface area contributed by atoms with Crippen LogP contribution < -0.4 is 10.6 Å². The SMILES string of the molecule is CC(Nc1cnnc(NCc2ccco2)n1)c1ccccc1. The Kier molecular flexibility index (Phi) is 4.29. The molecular formula is C16H17N5O. The van der Waals surface area contributed by atoms with E-state index < -0.39 is 0 Å². The molecule has 3 aromatic rings. The molecule has 1 aromatic carbocycles. The Balaban J connectivity index is 1.63. The smallest absolute Gasteiger partial charge is 0.245 e. The molecule has 1 atom stereocenters. The lowest BCUT2D eigenvalue weighted by Gasteiger charge is -2.14. The lowest BCUT2D eigenvalue weighted by Crippen LogP contribution is -2.11. The molecule has 0 saturated heterocycles. The summed E-state index contributed by atoms with van der Waals surface area (Å²) in [5.74, 6) is 1.95. The van der Waals surface area contributed by atoms with Crippen LogP contribution in [0.5, 0.6) is 0 Å². The Morgan fingerprint density at radius 3 is 2.77 bits per heavy atom. The highest BCUT2D eigenvalue weighted by Crippen LogP contribution is 2.17. The molecule has 0 amide bonds. The first-order chi connectivity index (χ1) is 10.8. The van der Waals surface area contributed by atoms with Crippen LogP contribution in [0.2, 0.25) is 0 Å². The van der Waals surface area contributed by atoms with E-state index >= 15 is 0 Å². The zero-order valence-electron chi connectivity index (χ0n) is 12.2. The van der Waals surface area contributed by atoms with Crippen LogP contribution in [0.25, 0.3) is 0 Å². The standard InChI is InChI=1S/C16H17N5O/c1-12(13-6-3-2-4-7-13)19-15-11-18-21-16(20-15)17-10-14-8-5-9-22-14/h2-9,11-12H,10H2,1H3,(H2,17,19,20,21). The van der Waals surface area contributed by atoms with E-state index in [9.17, 15) is 0 Å². The number of hydrogen-bond donors (Lipinski definition) is 2. The summed E-state index contributed by atoms with van der Waals surface area (Å²) in [6, 6.07) is 14.0. The maximum Gasteiger partial charge on any atom is 0.245 e. The Morgan fingerprint density at radius 1 is 1.14 bits per heavy atom. The van der Waals surface area contributed by atoms with Crippen LogP contribution >= 0.6 is 0 Å². The first-order valence-corrected chi connectivity index (χ1v) is 7.09. The van der Waals surface area contributed by atoms with Gasteiger partial charge in [0.05, 0.1) is 19.0 Å². The lowest BCUT2D eigenvalue weighted by molar-refractivity contribution is 0.517. The van der Waals surface area contributed by atoms with Crippen LogP contribution in [-0.4, -0.2) is 15.2 Å². The Morgan fingerprint density at radius 2 is 2.00 bits per heavy atom. The number of aromatic nitrogens is 3. The quantitative estimate of drug-likeness (QED) is 0.727. The van der Waals surface area contributed by atoms with Crippen molar-refractivity contribution in [2.45, 2.75) is 19.5 Å². The highest BCUT2D eigenvalue weighted by atomic mass is 16.3. The van der Waals surface area contributed by atoms with Crippen LogP contribution in [-0.2, 0) is 6.54 Å². The number of benzene rings is 1. The van der Waals surface area contributed by atoms with Gasteiger partial charge in [0, 0.05) is 6.04 Å². The van der Waals surface area contributed by atoms with Gasteiger partial charge in [-0.15, -0.1) is 5.10 Å². The van der Waals surface area contributed by atoms with E-state index in [1.807, 2.05) is 30.3 Å². The van der Waals surface area contributed by atoms with E-state index in [0.717, 1.165) is 5.76 Å². The van der Waals surface area contributed by atoms with E-state index in [4.69, 9.17) is 4.42 Å². The van der Waals surface area contributed by atoms with Gasteiger partial charge >= 0.3 is 0 Å². The van der Waals surface area contributed by atoms with Gasteiger partial charge < -0.3 is 15.1 Å². The molecule has 1 unspecified atom stereocenters. The van der Waals surface area contributed by atoms with Gasteiger partial charge in [0.1, 0.15) is 5.76 Å². The van der Waals surface area contributed by atoms with Crippen molar-refractivity contribution < 1.29 is 4.42 Å². The number of nitrogens with zero attached hydrogens (tertiary/aromatic N) is 3. The summed E-state index contributed by atoms with van der Waals surface area (Å²) in [6.45, 7) is 2.60. The molecule has 3 rings (SSSR count). The Hall–Kier alpha value is -2.89. The molecule has 0 fully saturated rings. The number of furan rings is 1. The maximum absolute atomic E-state index is 5.25. The van der Waals surface area contributed by atoms with E-state index in [1.54, 1.807) is 12.5 Å². The minimum absolute atomic E-state index is 0.135. The monoisotopic (exact) mass is 295 g/mol. The summed E-state index contributed by atoms with van der Waals surface area (Å²) in [6.07, 6.45) is 3.24. The number of hydrogen-bond acceptors (Lipinski definition) is 6. The van der Waals surface area contributed by atoms with E-state index in [1.165, 1.54) is 5.56 Å². The largest absolute Gasteiger partial charge is 0.467 e. The van der Waals surface area contributed by atoms with Gasteiger partial charge in [-0.05, 0) is 24.6 Å². The second-order valence-corrected chi connectivity index (χ2v) is 4.87. The number of rotatable bonds is 6. The van der Waals surface area contributed by atoms with Crippen molar-refractivity contribution >= 4 is 11.8 Å². The third-order valence-electron chi connectivity index (χ3n) is 3.22. The molecule has 2 N–H and O–H groups in total. The summed E-state index contributed by atoms with van der Waals surface area (Å²) in [4.78, 5) is 4.40. The van der Waals surface area contributed by atoms with Crippen molar-refractivity contribution in [3.8, 4) is 0 Å². The van der Waals surface area contributed by atoms with Crippen LogP contribution in [0.3, 0.4) is 0 Å². The molecule has 6 heteroatoms. The molecule has 0 spiro atoms. The van der Waals surface area contributed by atoms with Gasteiger partial charge in [-0.1, -0.05) is 30.3 Å². The van der Waals surface area contributed by atoms with Gasteiger partial charge in [-0.2, -0.15) is 10.1 Å². The van der Waals surface area contributed by atoms with Crippen molar-refractivity contribution in [1.82, 2.24) is 15.2 Å². The molecule has 0 aliphatic carbocycles. The average molecular weight is 295 g/mol. The fourth-order valence-electron chi connectivity index (χ4n) is 2.07. The fourth-order valence-corrected chi connectivity index (χ4v) is 2.07. The third-order valence-corrected chi connectivity index (χ3v) is 3.22. The molecule has 0 aliphatic heterocycles. The zero-order chi connectivity index (χ0) is 15.2. The van der Waals surface area contributed by atoms with Gasteiger partial charge in [0.15, 0.2) is 5.82 Å². The summed E-state index contributed by atoms with van der Waals surface area (Å²) < 4.78 is 5.25. The molecule has 6 nitrogen and oxygen atoms in total. The number of anilines is 2. The number of nitrogens with one attached hydrogen (secondary N) is 2. The summed E-state index contributed by atoms with van der Waals surface area (Å²) in [7, 11) is 0. The van der Waals surface area contributed by atoms with Gasteiger partial charge in [0.2, 0.25) is 5.95 Å². The lowest BCUT2D eigenvalue weighted by atomic mass is 10.1. The first-order valence-electron chi connectivity index (χ1n) is 7.09. The minimum Gasteiger partial charge on any atom is -0.467 e. The van der Waals surface area contributed by atoms with Crippen molar-refractivity contribution in [1.29, 1.82) is 0 Å². The first kappa shape index (κ1) is 14.1. The second kappa shape index (κ2) is 6.71. The summed E-state index contributed by atoms with van der Waals surface area (Å²) >= 11 is 0. The molecule has 0 bridgehead atoms. The summed E-state index contributed by atoms with van der Waals surface area (Å²) in [5.41, 5.74) is 1.19. The van der Waals surface area contributed by atoms with Gasteiger partial charge in [0.25, 0.3) is 0 Å². The van der Waals surface area contributed by atoms with Crippen molar-refractivity contribution in [3.05, 3.63) is 66.2 Å². The molecule has 0 saturated carbocycles. The predicted molar refractivity (Wildman–Crippen MR) is 84.3 cm³/mol. The molecule has 0 aliphatic rings. The topological polar surface area (TPSA) is 75.9 Å². The van der Waals surface area contributed by atoms with Gasteiger partial charge in [-0.25, -0.2) is 0 Å². The van der Waals surface area contributed by atoms with Crippen LogP contribution in [0, 0.1) is 0 Å². The highest BCUT2D eigenvalue weighted by molar-refractivity contribution is 5.39. The summed E-state index contributed by atoms with van der Waals surface area (Å²) in [5, 5.41) is 14.3. The van der Waals surface area contributed by atoms with E-state index in [2.05, 4.69) is 44.9 Å². The average Bonchev–Trinajstić information content (AvgIpc) is 3.08. The molecule has 22 heavy (non-hydrogen) atoms. The minimum atomic E-state index is 0.135. The fraction of sp³-hybridized carbons (Fsp3) is 0.188. The van der Waals surface area contributed by atoms with E-state index in [0.29, 0.717) is 18.3 Å². The highest BCUT2D eigenvalue weighted by Gasteiger charge is 2.07. The van der Waals surface area contributed by atoms with Crippen LogP contribution in [0.4, 0.5) is 11.8 Å². The predicted octanol–water partition coefficient (Wildman–Crippen LogP) is 3.25. The molecule has 0 radical (unpaired) electrons. The van der Waals surface area contributed by atoms with E-state index in [-0.39, 0.29) is 6.04 Å². The Bertz CT molecular complexity index is 700. The third kappa shape index (κ3) is 3.60. The van der Waals surface area contributed by atoms with Crippen molar-refractivity contribution in [2.75, 3.05) is 10.6 Å². The molecule has 2 heterocycles. The van der Waals surface area contributed by atoms with Crippen molar-refractivity contribution in [3.63, 3.8) is 0 Å². The maximum atomic E-state index is 5.25. The molecule has 112 valence electrons. The second-order valence-electron chi connectivity index (χ2n) is 4.87. The van der Waals surface area contributed by atoms with Crippen molar-refractivity contribution in [2.24, 2.45) is 0 Å².